The Bertz CT molecular complexity index is 331. The van der Waals surface area contributed by atoms with Crippen LogP contribution >= 0.6 is 0 Å². The monoisotopic (exact) mass is 220 g/mol. The van der Waals surface area contributed by atoms with Gasteiger partial charge in [-0.3, -0.25) is 4.90 Å². The average molecular weight is 220 g/mol. The van der Waals surface area contributed by atoms with Crippen molar-refractivity contribution in [3.63, 3.8) is 0 Å². The van der Waals surface area contributed by atoms with E-state index in [1.165, 1.54) is 11.1 Å². The van der Waals surface area contributed by atoms with Crippen molar-refractivity contribution in [1.29, 1.82) is 0 Å². The number of nitrogens with two attached hydrogens (primary N) is 1. The van der Waals surface area contributed by atoms with E-state index in [1.54, 1.807) is 0 Å². The molecular weight excluding hydrogens is 196 g/mol. The number of aryl methyl sites for hydroxylation is 1. The Kier molecular flexibility index (Phi) is 4.51. The lowest BCUT2D eigenvalue weighted by molar-refractivity contribution is 0.166. The molecule has 0 saturated heterocycles. The van der Waals surface area contributed by atoms with Gasteiger partial charge in [0.1, 0.15) is 0 Å². The molecule has 1 rings (SSSR count). The molecule has 2 N–H and O–H groups in total. The molecule has 0 atom stereocenters. The molecule has 0 radical (unpaired) electrons. The van der Waals surface area contributed by atoms with Crippen molar-refractivity contribution in [3.05, 3.63) is 35.4 Å². The summed E-state index contributed by atoms with van der Waals surface area (Å²) in [4.78, 5) is 2.33. The van der Waals surface area contributed by atoms with Crippen LogP contribution in [0.15, 0.2) is 24.3 Å². The van der Waals surface area contributed by atoms with Crippen LogP contribution in [-0.2, 0) is 6.42 Å². The van der Waals surface area contributed by atoms with E-state index in [9.17, 15) is 0 Å². The van der Waals surface area contributed by atoms with Crippen molar-refractivity contribution >= 4 is 0 Å². The lowest BCUT2D eigenvalue weighted by atomic mass is 10.0. The van der Waals surface area contributed by atoms with E-state index in [4.69, 9.17) is 5.73 Å². The lowest BCUT2D eigenvalue weighted by Gasteiger charge is -2.34. The molecule has 0 spiro atoms. The summed E-state index contributed by atoms with van der Waals surface area (Å²) in [6, 6.07) is 8.70. The van der Waals surface area contributed by atoms with Crippen molar-refractivity contribution in [1.82, 2.24) is 4.90 Å². The van der Waals surface area contributed by atoms with Crippen LogP contribution in [0, 0.1) is 6.92 Å². The second kappa shape index (κ2) is 5.46. The molecule has 0 heterocycles. The summed E-state index contributed by atoms with van der Waals surface area (Å²) < 4.78 is 0. The van der Waals surface area contributed by atoms with Gasteiger partial charge >= 0.3 is 0 Å². The third-order valence-corrected chi connectivity index (χ3v) is 3.35. The highest BCUT2D eigenvalue weighted by atomic mass is 15.2. The maximum absolute atomic E-state index is 5.76. The van der Waals surface area contributed by atoms with Crippen LogP contribution in [-0.4, -0.2) is 30.6 Å². The van der Waals surface area contributed by atoms with Gasteiger partial charge in [-0.05, 0) is 39.8 Å². The summed E-state index contributed by atoms with van der Waals surface area (Å²) >= 11 is 0. The molecule has 1 aromatic carbocycles. The number of rotatable bonds is 5. The average Bonchev–Trinajstić information content (AvgIpc) is 2.26. The maximum Gasteiger partial charge on any atom is 0.0272 e. The fourth-order valence-electron chi connectivity index (χ4n) is 1.62. The summed E-state index contributed by atoms with van der Waals surface area (Å²) in [5.74, 6) is 0. The minimum atomic E-state index is 0.0871. The summed E-state index contributed by atoms with van der Waals surface area (Å²) in [5, 5.41) is 0. The molecule has 0 aliphatic carbocycles. The molecule has 2 heteroatoms. The van der Waals surface area contributed by atoms with Gasteiger partial charge in [0, 0.05) is 18.6 Å². The Morgan fingerprint density at radius 3 is 2.56 bits per heavy atom. The Morgan fingerprint density at radius 2 is 2.00 bits per heavy atom. The molecular formula is C14H24N2. The van der Waals surface area contributed by atoms with Crippen LogP contribution < -0.4 is 5.73 Å². The van der Waals surface area contributed by atoms with Gasteiger partial charge < -0.3 is 5.73 Å². The molecule has 1 aromatic rings. The molecule has 0 unspecified atom stereocenters. The largest absolute Gasteiger partial charge is 0.329 e. The second-order valence-corrected chi connectivity index (χ2v) is 5.18. The third kappa shape index (κ3) is 3.62. The van der Waals surface area contributed by atoms with Gasteiger partial charge in [-0.25, -0.2) is 0 Å². The maximum atomic E-state index is 5.76. The standard InChI is InChI=1S/C14H24N2/c1-12-6-5-7-13(10-12)8-9-16(4)14(2,3)11-15/h5-7,10H,8-9,11,15H2,1-4H3. The highest BCUT2D eigenvalue weighted by Gasteiger charge is 2.20. The molecule has 0 aliphatic rings. The number of likely N-dealkylation sites (N-methyl/N-ethyl adjacent to an activating group) is 1. The van der Waals surface area contributed by atoms with Crippen LogP contribution in [0.4, 0.5) is 0 Å². The van der Waals surface area contributed by atoms with Gasteiger partial charge in [-0.15, -0.1) is 0 Å². The molecule has 0 aromatic heterocycles. The van der Waals surface area contributed by atoms with Gasteiger partial charge in [-0.2, -0.15) is 0 Å². The Balaban J connectivity index is 2.52. The minimum Gasteiger partial charge on any atom is -0.329 e. The van der Waals surface area contributed by atoms with Crippen LogP contribution in [0.25, 0.3) is 0 Å². The van der Waals surface area contributed by atoms with Crippen molar-refractivity contribution < 1.29 is 0 Å². The molecule has 0 fully saturated rings. The van der Waals surface area contributed by atoms with Crippen LogP contribution in [0.1, 0.15) is 25.0 Å². The summed E-state index contributed by atoms with van der Waals surface area (Å²) in [6.07, 6.45) is 1.08. The molecule has 0 amide bonds. The quantitative estimate of drug-likeness (QED) is 0.824. The molecule has 0 aliphatic heterocycles. The Hall–Kier alpha value is -0.860. The van der Waals surface area contributed by atoms with Crippen molar-refractivity contribution in [2.24, 2.45) is 5.73 Å². The summed E-state index contributed by atoms with van der Waals surface area (Å²) in [6.45, 7) is 8.24. The molecule has 0 saturated carbocycles. The van der Waals surface area contributed by atoms with Gasteiger partial charge in [-0.1, -0.05) is 29.8 Å². The molecule has 90 valence electrons. The SMILES string of the molecule is Cc1cccc(CCN(C)C(C)(C)CN)c1. The van der Waals surface area contributed by atoms with E-state index < -0.39 is 0 Å². The summed E-state index contributed by atoms with van der Waals surface area (Å²) in [7, 11) is 2.14. The summed E-state index contributed by atoms with van der Waals surface area (Å²) in [5.41, 5.74) is 8.58. The van der Waals surface area contributed by atoms with Crippen molar-refractivity contribution in [2.75, 3.05) is 20.1 Å². The first-order valence-electron chi connectivity index (χ1n) is 5.92. The van der Waals surface area contributed by atoms with E-state index >= 15 is 0 Å². The zero-order valence-electron chi connectivity index (χ0n) is 11.0. The first-order chi connectivity index (χ1) is 7.45. The zero-order chi connectivity index (χ0) is 12.2. The second-order valence-electron chi connectivity index (χ2n) is 5.18. The van der Waals surface area contributed by atoms with Crippen LogP contribution in [0.5, 0.6) is 0 Å². The van der Waals surface area contributed by atoms with E-state index in [0.717, 1.165) is 13.0 Å². The van der Waals surface area contributed by atoms with E-state index in [-0.39, 0.29) is 5.54 Å². The molecule has 0 bridgehead atoms. The number of nitrogens with zero attached hydrogens (tertiary/aromatic N) is 1. The van der Waals surface area contributed by atoms with Gasteiger partial charge in [0.15, 0.2) is 0 Å². The first kappa shape index (κ1) is 13.2. The highest BCUT2D eigenvalue weighted by Crippen LogP contribution is 2.12. The normalized spacial score (nSPS) is 12.1. The number of hydrogen-bond acceptors (Lipinski definition) is 2. The topological polar surface area (TPSA) is 29.3 Å². The Morgan fingerprint density at radius 1 is 1.31 bits per heavy atom. The molecule has 16 heavy (non-hydrogen) atoms. The van der Waals surface area contributed by atoms with E-state index in [2.05, 4.69) is 57.0 Å². The fourth-order valence-corrected chi connectivity index (χ4v) is 1.62. The number of benzene rings is 1. The van der Waals surface area contributed by atoms with Crippen LogP contribution in [0.3, 0.4) is 0 Å². The fraction of sp³-hybridized carbons (Fsp3) is 0.571. The lowest BCUT2D eigenvalue weighted by Crippen LogP contribution is -2.47. The van der Waals surface area contributed by atoms with Gasteiger partial charge in [0.05, 0.1) is 0 Å². The van der Waals surface area contributed by atoms with Crippen LogP contribution in [0.2, 0.25) is 0 Å². The van der Waals surface area contributed by atoms with E-state index in [1.807, 2.05) is 0 Å². The third-order valence-electron chi connectivity index (χ3n) is 3.35. The smallest absolute Gasteiger partial charge is 0.0272 e. The Labute approximate surface area is 99.5 Å². The first-order valence-corrected chi connectivity index (χ1v) is 5.92. The minimum absolute atomic E-state index is 0.0871. The van der Waals surface area contributed by atoms with E-state index in [0.29, 0.717) is 6.54 Å². The predicted octanol–water partition coefficient (Wildman–Crippen LogP) is 2.21. The number of hydrogen-bond donors (Lipinski definition) is 1. The molecule has 2 nitrogen and oxygen atoms in total. The predicted molar refractivity (Wildman–Crippen MR) is 70.6 cm³/mol. The van der Waals surface area contributed by atoms with Gasteiger partial charge in [0.25, 0.3) is 0 Å². The van der Waals surface area contributed by atoms with Crippen molar-refractivity contribution in [2.45, 2.75) is 32.7 Å². The van der Waals surface area contributed by atoms with Crippen molar-refractivity contribution in [3.8, 4) is 0 Å². The van der Waals surface area contributed by atoms with Gasteiger partial charge in [0.2, 0.25) is 0 Å². The highest BCUT2D eigenvalue weighted by molar-refractivity contribution is 5.22. The zero-order valence-corrected chi connectivity index (χ0v) is 11.0.